The second-order valence-corrected chi connectivity index (χ2v) is 7.41. The lowest BCUT2D eigenvalue weighted by molar-refractivity contribution is -0.139. The predicted molar refractivity (Wildman–Crippen MR) is 88.1 cm³/mol. The molecule has 0 spiro atoms. The molecule has 2 heterocycles. The molecule has 1 saturated heterocycles. The molecule has 0 unspecified atom stereocenters. The SMILES string of the molecule is CC(C)(C)c1ccc2oc(CNC(=O)[C@@]3(C)CCCO3)nc2c1. The standard InChI is InChI=1S/C18H24N2O3/c1-17(2,3)12-6-7-14-13(10-12)20-15(23-14)11-19-16(21)18(4)8-5-9-22-18/h6-7,10H,5,8-9,11H2,1-4H3,(H,19,21)/t18-/m1/s1. The Labute approximate surface area is 136 Å². The number of nitrogens with zero attached hydrogens (tertiary/aromatic N) is 1. The minimum absolute atomic E-state index is 0.0654. The Morgan fingerprint density at radius 1 is 1.39 bits per heavy atom. The Hall–Kier alpha value is -1.88. The zero-order valence-corrected chi connectivity index (χ0v) is 14.2. The first kappa shape index (κ1) is 16.0. The molecule has 5 heteroatoms. The summed E-state index contributed by atoms with van der Waals surface area (Å²) in [5.74, 6) is 0.411. The number of fused-ring (bicyclic) bond motifs is 1. The van der Waals surface area contributed by atoms with Crippen molar-refractivity contribution in [2.45, 2.75) is 58.1 Å². The van der Waals surface area contributed by atoms with E-state index in [2.05, 4.69) is 37.1 Å². The lowest BCUT2D eigenvalue weighted by atomic mass is 9.87. The molecule has 1 atom stereocenters. The maximum atomic E-state index is 12.2. The van der Waals surface area contributed by atoms with Crippen LogP contribution in [0.4, 0.5) is 0 Å². The molecule has 1 aliphatic heterocycles. The van der Waals surface area contributed by atoms with Gasteiger partial charge < -0.3 is 14.5 Å². The number of carbonyl (C=O) groups is 1. The first-order valence-electron chi connectivity index (χ1n) is 8.10. The van der Waals surface area contributed by atoms with Crippen LogP contribution >= 0.6 is 0 Å². The number of amides is 1. The zero-order chi connectivity index (χ0) is 16.7. The molecule has 0 bridgehead atoms. The Morgan fingerprint density at radius 3 is 2.83 bits per heavy atom. The first-order chi connectivity index (χ1) is 10.8. The predicted octanol–water partition coefficient (Wildman–Crippen LogP) is 3.31. The van der Waals surface area contributed by atoms with Gasteiger partial charge in [-0.3, -0.25) is 4.79 Å². The molecule has 2 aromatic rings. The number of aromatic nitrogens is 1. The van der Waals surface area contributed by atoms with Crippen LogP contribution in [0.2, 0.25) is 0 Å². The molecule has 3 rings (SSSR count). The monoisotopic (exact) mass is 316 g/mol. The molecular weight excluding hydrogens is 292 g/mol. The maximum absolute atomic E-state index is 12.2. The van der Waals surface area contributed by atoms with Crippen molar-refractivity contribution in [1.29, 1.82) is 0 Å². The summed E-state index contributed by atoms with van der Waals surface area (Å²) in [7, 11) is 0. The van der Waals surface area contributed by atoms with Crippen LogP contribution in [0.15, 0.2) is 22.6 Å². The fourth-order valence-electron chi connectivity index (χ4n) is 2.82. The lowest BCUT2D eigenvalue weighted by Gasteiger charge is -2.21. The van der Waals surface area contributed by atoms with Crippen molar-refractivity contribution in [3.8, 4) is 0 Å². The highest BCUT2D eigenvalue weighted by molar-refractivity contribution is 5.85. The quantitative estimate of drug-likeness (QED) is 0.943. The van der Waals surface area contributed by atoms with Gasteiger partial charge in [-0.1, -0.05) is 26.8 Å². The number of oxazole rings is 1. The summed E-state index contributed by atoms with van der Waals surface area (Å²) in [6, 6.07) is 6.05. The molecule has 0 radical (unpaired) electrons. The van der Waals surface area contributed by atoms with E-state index in [9.17, 15) is 4.79 Å². The normalized spacial score (nSPS) is 21.7. The minimum Gasteiger partial charge on any atom is -0.439 e. The summed E-state index contributed by atoms with van der Waals surface area (Å²) in [6.45, 7) is 9.24. The van der Waals surface area contributed by atoms with E-state index in [4.69, 9.17) is 9.15 Å². The number of nitrogens with one attached hydrogen (secondary N) is 1. The highest BCUT2D eigenvalue weighted by Crippen LogP contribution is 2.27. The number of hydrogen-bond donors (Lipinski definition) is 1. The van der Waals surface area contributed by atoms with Crippen LogP contribution in [-0.4, -0.2) is 23.1 Å². The molecule has 1 aromatic heterocycles. The van der Waals surface area contributed by atoms with Crippen LogP contribution in [-0.2, 0) is 21.5 Å². The Kier molecular flexibility index (Phi) is 3.92. The van der Waals surface area contributed by atoms with Crippen LogP contribution in [0.1, 0.15) is 52.0 Å². The van der Waals surface area contributed by atoms with E-state index in [-0.39, 0.29) is 17.9 Å². The van der Waals surface area contributed by atoms with Gasteiger partial charge in [0.1, 0.15) is 11.1 Å². The summed E-state index contributed by atoms with van der Waals surface area (Å²) in [5, 5.41) is 2.87. The van der Waals surface area contributed by atoms with Gasteiger partial charge in [0.2, 0.25) is 5.89 Å². The van der Waals surface area contributed by atoms with Crippen molar-refractivity contribution in [3.05, 3.63) is 29.7 Å². The molecule has 1 amide bonds. The number of benzene rings is 1. The topological polar surface area (TPSA) is 64.4 Å². The summed E-state index contributed by atoms with van der Waals surface area (Å²) >= 11 is 0. The molecule has 1 aromatic carbocycles. The third-order valence-electron chi connectivity index (χ3n) is 4.40. The third-order valence-corrected chi connectivity index (χ3v) is 4.40. The molecule has 0 aliphatic carbocycles. The van der Waals surface area contributed by atoms with E-state index in [1.165, 1.54) is 5.56 Å². The van der Waals surface area contributed by atoms with Crippen LogP contribution < -0.4 is 5.32 Å². The van der Waals surface area contributed by atoms with E-state index >= 15 is 0 Å². The van der Waals surface area contributed by atoms with E-state index in [0.29, 0.717) is 12.5 Å². The van der Waals surface area contributed by atoms with E-state index in [1.807, 2.05) is 19.1 Å². The van der Waals surface area contributed by atoms with E-state index in [1.54, 1.807) is 0 Å². The summed E-state index contributed by atoms with van der Waals surface area (Å²) in [6.07, 6.45) is 1.67. The highest BCUT2D eigenvalue weighted by atomic mass is 16.5. The van der Waals surface area contributed by atoms with Gasteiger partial charge in [0.25, 0.3) is 5.91 Å². The smallest absolute Gasteiger partial charge is 0.252 e. The van der Waals surface area contributed by atoms with Crippen LogP contribution in [0.25, 0.3) is 11.1 Å². The molecule has 1 fully saturated rings. The van der Waals surface area contributed by atoms with Gasteiger partial charge in [0, 0.05) is 6.61 Å². The lowest BCUT2D eigenvalue weighted by Crippen LogP contribution is -2.43. The number of rotatable bonds is 3. The molecule has 1 N–H and O–H groups in total. The first-order valence-corrected chi connectivity index (χ1v) is 8.10. The van der Waals surface area contributed by atoms with Gasteiger partial charge in [-0.15, -0.1) is 0 Å². The van der Waals surface area contributed by atoms with Gasteiger partial charge in [0.15, 0.2) is 5.58 Å². The molecule has 0 saturated carbocycles. The van der Waals surface area contributed by atoms with Crippen molar-refractivity contribution in [3.63, 3.8) is 0 Å². The van der Waals surface area contributed by atoms with Crippen molar-refractivity contribution < 1.29 is 13.9 Å². The average molecular weight is 316 g/mol. The maximum Gasteiger partial charge on any atom is 0.252 e. The van der Waals surface area contributed by atoms with E-state index in [0.717, 1.165) is 23.9 Å². The van der Waals surface area contributed by atoms with E-state index < -0.39 is 5.60 Å². The highest BCUT2D eigenvalue weighted by Gasteiger charge is 2.37. The Bertz CT molecular complexity index is 721. The van der Waals surface area contributed by atoms with Crippen molar-refractivity contribution in [1.82, 2.24) is 10.3 Å². The van der Waals surface area contributed by atoms with Gasteiger partial charge in [-0.05, 0) is 42.9 Å². The van der Waals surface area contributed by atoms with Gasteiger partial charge in [-0.2, -0.15) is 0 Å². The van der Waals surface area contributed by atoms with Crippen LogP contribution in [0.3, 0.4) is 0 Å². The fraction of sp³-hybridized carbons (Fsp3) is 0.556. The van der Waals surface area contributed by atoms with Gasteiger partial charge >= 0.3 is 0 Å². The molecule has 23 heavy (non-hydrogen) atoms. The minimum atomic E-state index is -0.717. The fourth-order valence-corrected chi connectivity index (χ4v) is 2.82. The average Bonchev–Trinajstić information content (AvgIpc) is 3.09. The van der Waals surface area contributed by atoms with Crippen molar-refractivity contribution in [2.75, 3.05) is 6.61 Å². The molecular formula is C18H24N2O3. The third kappa shape index (κ3) is 3.24. The Balaban J connectivity index is 1.72. The molecule has 5 nitrogen and oxygen atoms in total. The van der Waals surface area contributed by atoms with Crippen molar-refractivity contribution >= 4 is 17.0 Å². The number of hydrogen-bond acceptors (Lipinski definition) is 4. The number of ether oxygens (including phenoxy) is 1. The second kappa shape index (κ2) is 5.64. The second-order valence-electron chi connectivity index (χ2n) is 7.41. The molecule has 1 aliphatic rings. The van der Waals surface area contributed by atoms with Gasteiger partial charge in [-0.25, -0.2) is 4.98 Å². The summed E-state index contributed by atoms with van der Waals surface area (Å²) < 4.78 is 11.3. The van der Waals surface area contributed by atoms with Crippen LogP contribution in [0, 0.1) is 0 Å². The Morgan fingerprint density at radius 2 is 2.17 bits per heavy atom. The van der Waals surface area contributed by atoms with Gasteiger partial charge in [0.05, 0.1) is 6.54 Å². The van der Waals surface area contributed by atoms with Crippen LogP contribution in [0.5, 0.6) is 0 Å². The van der Waals surface area contributed by atoms with Crippen molar-refractivity contribution in [2.24, 2.45) is 0 Å². The zero-order valence-electron chi connectivity index (χ0n) is 14.2. The summed E-state index contributed by atoms with van der Waals surface area (Å²) in [5.41, 5.74) is 2.12. The number of carbonyl (C=O) groups excluding carboxylic acids is 1. The largest absolute Gasteiger partial charge is 0.439 e. The molecule has 124 valence electrons. The summed E-state index contributed by atoms with van der Waals surface area (Å²) in [4.78, 5) is 16.7.